The molecule has 5 nitrogen and oxygen atoms in total. The van der Waals surface area contributed by atoms with Crippen LogP contribution in [-0.4, -0.2) is 17.5 Å². The second-order valence-electron chi connectivity index (χ2n) is 6.12. The maximum absolute atomic E-state index is 13.7. The van der Waals surface area contributed by atoms with Crippen molar-refractivity contribution in [3.8, 4) is 11.3 Å². The lowest BCUT2D eigenvalue weighted by molar-refractivity contribution is 0.497. The van der Waals surface area contributed by atoms with Crippen LogP contribution in [0.15, 0.2) is 64.1 Å². The molecule has 0 saturated heterocycles. The van der Waals surface area contributed by atoms with Crippen LogP contribution in [0.2, 0.25) is 0 Å². The van der Waals surface area contributed by atoms with E-state index in [0.29, 0.717) is 30.5 Å². The second-order valence-corrected chi connectivity index (χ2v) is 6.12. The minimum atomic E-state index is -0.257. The summed E-state index contributed by atoms with van der Waals surface area (Å²) < 4.78 is 19.5. The summed E-state index contributed by atoms with van der Waals surface area (Å²) in [5.74, 6) is 1.60. The third-order valence-corrected chi connectivity index (χ3v) is 4.01. The van der Waals surface area contributed by atoms with Crippen LogP contribution in [0.3, 0.4) is 0 Å². The molecule has 0 bridgehead atoms. The van der Waals surface area contributed by atoms with Gasteiger partial charge < -0.3 is 15.1 Å². The van der Waals surface area contributed by atoms with E-state index in [4.69, 9.17) is 4.42 Å². The zero-order valence-corrected chi connectivity index (χ0v) is 15.5. The first-order valence-corrected chi connectivity index (χ1v) is 8.93. The average molecular weight is 366 g/mol. The summed E-state index contributed by atoms with van der Waals surface area (Å²) >= 11 is 0. The molecule has 0 radical (unpaired) electrons. The third kappa shape index (κ3) is 5.17. The van der Waals surface area contributed by atoms with Gasteiger partial charge >= 0.3 is 0 Å². The van der Waals surface area contributed by atoms with E-state index >= 15 is 0 Å². The molecule has 0 fully saturated rings. The molecule has 3 rings (SSSR count). The predicted octanol–water partition coefficient (Wildman–Crippen LogP) is 4.04. The van der Waals surface area contributed by atoms with E-state index in [-0.39, 0.29) is 12.4 Å². The summed E-state index contributed by atoms with van der Waals surface area (Å²) in [6, 6.07) is 14.7. The molecule has 27 heavy (non-hydrogen) atoms. The zero-order valence-electron chi connectivity index (χ0n) is 15.5. The summed E-state index contributed by atoms with van der Waals surface area (Å²) in [7, 11) is 0. The van der Waals surface area contributed by atoms with Crippen LogP contribution in [-0.2, 0) is 13.1 Å². The molecular formula is C21H23FN4O. The SMILES string of the molecule is CCNC(=NCc1ccccc1F)NCc1ncc(-c2ccc(C)cc2)o1. The fourth-order valence-electron chi connectivity index (χ4n) is 2.54. The number of rotatable bonds is 6. The minimum absolute atomic E-state index is 0.252. The maximum Gasteiger partial charge on any atom is 0.214 e. The number of oxazole rings is 1. The highest BCUT2D eigenvalue weighted by Crippen LogP contribution is 2.20. The summed E-state index contributed by atoms with van der Waals surface area (Å²) in [5.41, 5.74) is 2.73. The van der Waals surface area contributed by atoms with E-state index < -0.39 is 0 Å². The molecule has 1 aromatic heterocycles. The van der Waals surface area contributed by atoms with Crippen molar-refractivity contribution in [1.82, 2.24) is 15.6 Å². The van der Waals surface area contributed by atoms with Crippen molar-refractivity contribution < 1.29 is 8.81 Å². The Balaban J connectivity index is 1.63. The molecule has 0 aliphatic carbocycles. The predicted molar refractivity (Wildman–Crippen MR) is 105 cm³/mol. The number of nitrogens with one attached hydrogen (secondary N) is 2. The van der Waals surface area contributed by atoms with Crippen molar-refractivity contribution in [1.29, 1.82) is 0 Å². The van der Waals surface area contributed by atoms with Gasteiger partial charge in [-0.3, -0.25) is 0 Å². The van der Waals surface area contributed by atoms with Crippen molar-refractivity contribution >= 4 is 5.96 Å². The fourth-order valence-corrected chi connectivity index (χ4v) is 2.54. The second kappa shape index (κ2) is 8.98. The molecule has 0 atom stereocenters. The lowest BCUT2D eigenvalue weighted by Gasteiger charge is -2.10. The topological polar surface area (TPSA) is 62.5 Å². The Morgan fingerprint density at radius 2 is 1.89 bits per heavy atom. The van der Waals surface area contributed by atoms with Gasteiger partial charge in [-0.25, -0.2) is 14.4 Å². The first kappa shape index (κ1) is 18.6. The quantitative estimate of drug-likeness (QED) is 0.510. The van der Waals surface area contributed by atoms with Gasteiger partial charge in [-0.05, 0) is 19.9 Å². The lowest BCUT2D eigenvalue weighted by Crippen LogP contribution is -2.36. The number of hydrogen-bond acceptors (Lipinski definition) is 3. The molecule has 0 aliphatic rings. The van der Waals surface area contributed by atoms with Crippen LogP contribution >= 0.6 is 0 Å². The van der Waals surface area contributed by atoms with Gasteiger partial charge in [-0.15, -0.1) is 0 Å². The van der Waals surface area contributed by atoms with Gasteiger partial charge in [0.25, 0.3) is 0 Å². The molecule has 1 heterocycles. The van der Waals surface area contributed by atoms with Gasteiger partial charge in [0, 0.05) is 17.7 Å². The molecular weight excluding hydrogens is 343 g/mol. The Labute approximate surface area is 158 Å². The highest BCUT2D eigenvalue weighted by molar-refractivity contribution is 5.79. The largest absolute Gasteiger partial charge is 0.439 e. The summed E-state index contributed by atoms with van der Waals surface area (Å²) in [4.78, 5) is 8.73. The van der Waals surface area contributed by atoms with Gasteiger partial charge in [-0.2, -0.15) is 0 Å². The zero-order chi connectivity index (χ0) is 19.1. The van der Waals surface area contributed by atoms with E-state index in [1.165, 1.54) is 11.6 Å². The first-order valence-electron chi connectivity index (χ1n) is 8.93. The number of aliphatic imine (C=N–C) groups is 1. The fraction of sp³-hybridized carbons (Fsp3) is 0.238. The number of aromatic nitrogens is 1. The van der Waals surface area contributed by atoms with Crippen molar-refractivity contribution in [2.45, 2.75) is 26.9 Å². The number of guanidine groups is 1. The molecule has 2 N–H and O–H groups in total. The van der Waals surface area contributed by atoms with Crippen LogP contribution in [0.4, 0.5) is 4.39 Å². The van der Waals surface area contributed by atoms with Crippen LogP contribution in [0.1, 0.15) is 23.9 Å². The smallest absolute Gasteiger partial charge is 0.214 e. The summed E-state index contributed by atoms with van der Waals surface area (Å²) in [6.07, 6.45) is 1.71. The van der Waals surface area contributed by atoms with Gasteiger partial charge in [0.15, 0.2) is 11.7 Å². The van der Waals surface area contributed by atoms with Gasteiger partial charge in [0.1, 0.15) is 5.82 Å². The third-order valence-electron chi connectivity index (χ3n) is 4.01. The Morgan fingerprint density at radius 3 is 2.63 bits per heavy atom. The number of aryl methyl sites for hydroxylation is 1. The van der Waals surface area contributed by atoms with Crippen molar-refractivity contribution in [3.05, 3.63) is 77.6 Å². The van der Waals surface area contributed by atoms with Gasteiger partial charge in [0.05, 0.1) is 19.3 Å². The van der Waals surface area contributed by atoms with E-state index in [1.54, 1.807) is 24.4 Å². The minimum Gasteiger partial charge on any atom is -0.439 e. The molecule has 6 heteroatoms. The van der Waals surface area contributed by atoms with Crippen molar-refractivity contribution in [2.75, 3.05) is 6.54 Å². The van der Waals surface area contributed by atoms with E-state index in [2.05, 4.69) is 20.6 Å². The van der Waals surface area contributed by atoms with Crippen molar-refractivity contribution in [3.63, 3.8) is 0 Å². The van der Waals surface area contributed by atoms with E-state index in [9.17, 15) is 4.39 Å². The molecule has 3 aromatic rings. The monoisotopic (exact) mass is 366 g/mol. The average Bonchev–Trinajstić information content (AvgIpc) is 3.15. The van der Waals surface area contributed by atoms with Crippen LogP contribution in [0.5, 0.6) is 0 Å². The van der Waals surface area contributed by atoms with Crippen molar-refractivity contribution in [2.24, 2.45) is 4.99 Å². The number of halogens is 1. The number of nitrogens with zero attached hydrogens (tertiary/aromatic N) is 2. The maximum atomic E-state index is 13.7. The lowest BCUT2D eigenvalue weighted by atomic mass is 10.1. The highest BCUT2D eigenvalue weighted by Gasteiger charge is 2.07. The number of hydrogen-bond donors (Lipinski definition) is 2. The highest BCUT2D eigenvalue weighted by atomic mass is 19.1. The standard InChI is InChI=1S/C21H23FN4O/c1-3-23-21(25-12-17-6-4-5-7-18(17)22)26-14-20-24-13-19(27-20)16-10-8-15(2)9-11-16/h4-11,13H,3,12,14H2,1-2H3,(H2,23,25,26). The number of benzene rings is 2. The molecule has 140 valence electrons. The Bertz CT molecular complexity index is 903. The molecule has 0 spiro atoms. The molecule has 0 aliphatic heterocycles. The van der Waals surface area contributed by atoms with Crippen LogP contribution in [0, 0.1) is 12.7 Å². The van der Waals surface area contributed by atoms with Crippen LogP contribution < -0.4 is 10.6 Å². The molecule has 2 aromatic carbocycles. The summed E-state index contributed by atoms with van der Waals surface area (Å²) in [5, 5.41) is 6.30. The molecule has 0 amide bonds. The first-order chi connectivity index (χ1) is 13.2. The molecule has 0 saturated carbocycles. The van der Waals surface area contributed by atoms with Gasteiger partial charge in [0.2, 0.25) is 5.89 Å². The van der Waals surface area contributed by atoms with E-state index in [1.807, 2.05) is 38.1 Å². The normalized spacial score (nSPS) is 11.4. The Morgan fingerprint density at radius 1 is 1.11 bits per heavy atom. The van der Waals surface area contributed by atoms with E-state index in [0.717, 1.165) is 11.3 Å². The Hall–Kier alpha value is -3.15. The molecule has 0 unspecified atom stereocenters. The summed E-state index contributed by atoms with van der Waals surface area (Å²) in [6.45, 7) is 5.35. The van der Waals surface area contributed by atoms with Crippen LogP contribution in [0.25, 0.3) is 11.3 Å². The Kier molecular flexibility index (Phi) is 6.20. The van der Waals surface area contributed by atoms with Gasteiger partial charge in [-0.1, -0.05) is 48.0 Å².